The van der Waals surface area contributed by atoms with E-state index in [1.165, 1.54) is 10.4 Å². The summed E-state index contributed by atoms with van der Waals surface area (Å²) in [6.07, 6.45) is 2.28. The lowest BCUT2D eigenvalue weighted by Crippen LogP contribution is -2.44. The van der Waals surface area contributed by atoms with E-state index in [0.29, 0.717) is 49.6 Å². The number of carbonyl (C=O) groups is 1. The van der Waals surface area contributed by atoms with Crippen molar-refractivity contribution in [2.24, 2.45) is 0 Å². The van der Waals surface area contributed by atoms with Gasteiger partial charge in [-0.15, -0.1) is 0 Å². The van der Waals surface area contributed by atoms with E-state index >= 15 is 0 Å². The van der Waals surface area contributed by atoms with Gasteiger partial charge in [0.1, 0.15) is 5.82 Å². The van der Waals surface area contributed by atoms with Crippen LogP contribution in [0.1, 0.15) is 36.3 Å². The molecule has 2 aromatic rings. The summed E-state index contributed by atoms with van der Waals surface area (Å²) in [6.45, 7) is 3.59. The molecule has 0 bridgehead atoms. The molecule has 6 nitrogen and oxygen atoms in total. The molecule has 2 fully saturated rings. The van der Waals surface area contributed by atoms with E-state index in [0.717, 1.165) is 18.1 Å². The van der Waals surface area contributed by atoms with Gasteiger partial charge in [0.05, 0.1) is 4.90 Å². The fourth-order valence-electron chi connectivity index (χ4n) is 4.07. The largest absolute Gasteiger partial charge is 0.324 e. The highest BCUT2D eigenvalue weighted by Crippen LogP contribution is 2.33. The summed E-state index contributed by atoms with van der Waals surface area (Å²) in [7, 11) is -3.89. The van der Waals surface area contributed by atoms with Crippen molar-refractivity contribution in [1.82, 2.24) is 9.21 Å². The summed E-state index contributed by atoms with van der Waals surface area (Å²) in [5.74, 6) is -0.442. The van der Waals surface area contributed by atoms with Gasteiger partial charge in [-0.1, -0.05) is 23.7 Å². The third-order valence-corrected chi connectivity index (χ3v) is 8.40. The number of benzene rings is 2. The van der Waals surface area contributed by atoms with Crippen LogP contribution in [-0.2, 0) is 10.0 Å². The Balaban J connectivity index is 1.52. The molecule has 2 saturated heterocycles. The number of urea groups is 1. The lowest BCUT2D eigenvalue weighted by Gasteiger charge is -2.32. The fourth-order valence-corrected chi connectivity index (χ4v) is 5.92. The quantitative estimate of drug-likeness (QED) is 0.717. The molecule has 0 spiro atoms. The van der Waals surface area contributed by atoms with Gasteiger partial charge in [-0.3, -0.25) is 0 Å². The Morgan fingerprint density at radius 2 is 1.74 bits per heavy atom. The van der Waals surface area contributed by atoms with Crippen molar-refractivity contribution in [3.8, 4) is 0 Å². The van der Waals surface area contributed by atoms with E-state index in [4.69, 9.17) is 11.6 Å². The Morgan fingerprint density at radius 1 is 1.10 bits per heavy atom. The minimum atomic E-state index is -3.89. The average Bonchev–Trinajstić information content (AvgIpc) is 2.69. The number of nitrogens with zero attached hydrogens (tertiary/aromatic N) is 2. The third-order valence-electron chi connectivity index (χ3n) is 6.12. The van der Waals surface area contributed by atoms with Gasteiger partial charge in [-0.2, -0.15) is 4.31 Å². The zero-order valence-electron chi connectivity index (χ0n) is 17.3. The van der Waals surface area contributed by atoms with Gasteiger partial charge in [0.25, 0.3) is 0 Å². The number of rotatable bonds is 4. The summed E-state index contributed by atoms with van der Waals surface area (Å²) in [6, 6.07) is 9.49. The first-order valence-electron chi connectivity index (χ1n) is 10.4. The lowest BCUT2D eigenvalue weighted by molar-refractivity contribution is 0.181. The van der Waals surface area contributed by atoms with E-state index < -0.39 is 15.8 Å². The Morgan fingerprint density at radius 3 is 2.32 bits per heavy atom. The smallest absolute Gasteiger partial charge is 0.321 e. The Bertz CT molecular complexity index is 1080. The molecule has 0 radical (unpaired) electrons. The normalized spacial score (nSPS) is 18.0. The molecule has 0 unspecified atom stereocenters. The molecule has 2 aliphatic heterocycles. The second-order valence-corrected chi connectivity index (χ2v) is 10.4. The molecular formula is C22H25ClFN3O3S. The summed E-state index contributed by atoms with van der Waals surface area (Å²) >= 11 is 5.95. The Kier molecular flexibility index (Phi) is 6.23. The predicted molar refractivity (Wildman–Crippen MR) is 119 cm³/mol. The first-order chi connectivity index (χ1) is 14.8. The first-order valence-corrected chi connectivity index (χ1v) is 12.2. The fraction of sp³-hybridized carbons (Fsp3) is 0.409. The van der Waals surface area contributed by atoms with Crippen LogP contribution in [0.2, 0.25) is 5.02 Å². The van der Waals surface area contributed by atoms with Gasteiger partial charge in [-0.05, 0) is 67.5 Å². The highest BCUT2D eigenvalue weighted by Gasteiger charge is 2.32. The van der Waals surface area contributed by atoms with E-state index in [9.17, 15) is 17.6 Å². The van der Waals surface area contributed by atoms with Crippen LogP contribution in [0, 0.1) is 12.7 Å². The Labute approximate surface area is 187 Å². The second-order valence-electron chi connectivity index (χ2n) is 8.08. The molecule has 0 aromatic heterocycles. The molecule has 2 aromatic carbocycles. The van der Waals surface area contributed by atoms with Crippen LogP contribution in [-0.4, -0.2) is 49.8 Å². The van der Waals surface area contributed by atoms with Crippen LogP contribution in [0.5, 0.6) is 0 Å². The molecule has 0 saturated carbocycles. The van der Waals surface area contributed by atoms with Gasteiger partial charge < -0.3 is 10.2 Å². The van der Waals surface area contributed by atoms with Crippen LogP contribution in [0.3, 0.4) is 0 Å². The minimum Gasteiger partial charge on any atom is -0.324 e. The number of hydrogen-bond acceptors (Lipinski definition) is 3. The van der Waals surface area contributed by atoms with Crippen LogP contribution in [0.15, 0.2) is 41.3 Å². The van der Waals surface area contributed by atoms with Crippen molar-refractivity contribution < 1.29 is 17.6 Å². The number of sulfonamides is 1. The number of likely N-dealkylation sites (tertiary alicyclic amines) is 1. The van der Waals surface area contributed by atoms with Crippen LogP contribution in [0.4, 0.5) is 14.9 Å². The summed E-state index contributed by atoms with van der Waals surface area (Å²) in [5, 5.41) is 3.32. The second kappa shape index (κ2) is 8.76. The van der Waals surface area contributed by atoms with Crippen molar-refractivity contribution in [2.75, 3.05) is 31.5 Å². The Hall–Kier alpha value is -2.16. The number of halogens is 2. The topological polar surface area (TPSA) is 69.7 Å². The van der Waals surface area contributed by atoms with Gasteiger partial charge in [0.2, 0.25) is 10.0 Å². The molecule has 2 heterocycles. The molecule has 2 aliphatic rings. The number of anilines is 1. The summed E-state index contributed by atoms with van der Waals surface area (Å²) in [4.78, 5) is 13.7. The van der Waals surface area contributed by atoms with E-state index in [1.54, 1.807) is 11.8 Å². The zero-order chi connectivity index (χ0) is 22.2. The number of carbonyl (C=O) groups excluding carboxylic acids is 1. The summed E-state index contributed by atoms with van der Waals surface area (Å²) < 4.78 is 42.3. The molecule has 166 valence electrons. The molecule has 2 amide bonds. The SMILES string of the molecule is Cc1c(NC(=O)N2CCC2)cc(F)cc1S(=O)(=O)N1CCC(c2ccc(Cl)cc2)CC1. The monoisotopic (exact) mass is 465 g/mol. The standard InChI is InChI=1S/C22H25ClFN3O3S/c1-15-20(25-22(28)26-9-2-10-26)13-19(24)14-21(15)31(29,30)27-11-7-17(8-12-27)16-3-5-18(23)6-4-16/h3-6,13-14,17H,2,7-12H2,1H3,(H,25,28). The van der Waals surface area contributed by atoms with Crippen molar-refractivity contribution in [3.05, 3.63) is 58.4 Å². The van der Waals surface area contributed by atoms with E-state index in [2.05, 4.69) is 5.32 Å². The molecule has 9 heteroatoms. The number of amides is 2. The molecule has 1 N–H and O–H groups in total. The van der Waals surface area contributed by atoms with Gasteiger partial charge in [0.15, 0.2) is 0 Å². The molecular weight excluding hydrogens is 441 g/mol. The molecule has 0 atom stereocenters. The maximum Gasteiger partial charge on any atom is 0.321 e. The van der Waals surface area contributed by atoms with Crippen molar-refractivity contribution in [2.45, 2.75) is 37.0 Å². The number of nitrogens with one attached hydrogen (secondary N) is 1. The highest BCUT2D eigenvalue weighted by molar-refractivity contribution is 7.89. The summed E-state index contributed by atoms with van der Waals surface area (Å²) in [5.41, 5.74) is 1.67. The average molecular weight is 466 g/mol. The number of piperidine rings is 1. The van der Waals surface area contributed by atoms with Crippen LogP contribution in [0.25, 0.3) is 0 Å². The first kappa shape index (κ1) is 22.0. The number of hydrogen-bond donors (Lipinski definition) is 1. The maximum absolute atomic E-state index is 14.3. The predicted octanol–water partition coefficient (Wildman–Crippen LogP) is 4.59. The van der Waals surface area contributed by atoms with Gasteiger partial charge >= 0.3 is 6.03 Å². The van der Waals surface area contributed by atoms with E-state index in [1.807, 2.05) is 24.3 Å². The molecule has 4 rings (SSSR count). The maximum atomic E-state index is 14.3. The van der Waals surface area contributed by atoms with Crippen LogP contribution >= 0.6 is 11.6 Å². The van der Waals surface area contributed by atoms with Crippen LogP contribution < -0.4 is 5.32 Å². The van der Waals surface area contributed by atoms with Gasteiger partial charge in [-0.25, -0.2) is 17.6 Å². The minimum absolute atomic E-state index is 0.101. The van der Waals surface area contributed by atoms with E-state index in [-0.39, 0.29) is 22.5 Å². The van der Waals surface area contributed by atoms with Crippen molar-refractivity contribution in [3.63, 3.8) is 0 Å². The zero-order valence-corrected chi connectivity index (χ0v) is 18.8. The highest BCUT2D eigenvalue weighted by atomic mass is 35.5. The molecule has 31 heavy (non-hydrogen) atoms. The third kappa shape index (κ3) is 4.56. The van der Waals surface area contributed by atoms with Crippen molar-refractivity contribution in [1.29, 1.82) is 0 Å². The lowest BCUT2D eigenvalue weighted by atomic mass is 9.90. The van der Waals surface area contributed by atoms with Gasteiger partial charge in [0, 0.05) is 36.9 Å². The molecule has 0 aliphatic carbocycles. The van der Waals surface area contributed by atoms with Crippen molar-refractivity contribution >= 4 is 33.3 Å².